The van der Waals surface area contributed by atoms with E-state index < -0.39 is 5.60 Å². The van der Waals surface area contributed by atoms with Gasteiger partial charge in [0.1, 0.15) is 5.60 Å². The van der Waals surface area contributed by atoms with Crippen LogP contribution in [0.4, 0.5) is 4.79 Å². The van der Waals surface area contributed by atoms with Gasteiger partial charge in [0.25, 0.3) is 0 Å². The summed E-state index contributed by atoms with van der Waals surface area (Å²) < 4.78 is 5.40. The number of allylic oxidation sites excluding steroid dienone is 1. The lowest BCUT2D eigenvalue weighted by Gasteiger charge is -2.26. The van der Waals surface area contributed by atoms with Crippen molar-refractivity contribution in [2.24, 2.45) is 11.8 Å². The molecule has 3 N–H and O–H groups in total. The highest BCUT2D eigenvalue weighted by atomic mass is 16.6. The zero-order valence-corrected chi connectivity index (χ0v) is 13.0. The molecule has 1 aliphatic heterocycles. The van der Waals surface area contributed by atoms with Crippen molar-refractivity contribution >= 4 is 6.09 Å². The van der Waals surface area contributed by atoms with Crippen LogP contribution in [-0.2, 0) is 4.74 Å². The van der Waals surface area contributed by atoms with E-state index in [1.807, 2.05) is 26.8 Å². The first-order chi connectivity index (χ1) is 9.37. The van der Waals surface area contributed by atoms with Crippen LogP contribution in [0.15, 0.2) is 12.7 Å². The van der Waals surface area contributed by atoms with Gasteiger partial charge in [-0.3, -0.25) is 11.3 Å². The van der Waals surface area contributed by atoms with Crippen LogP contribution in [0.3, 0.4) is 0 Å². The van der Waals surface area contributed by atoms with Gasteiger partial charge in [0, 0.05) is 19.1 Å². The molecule has 1 saturated heterocycles. The highest BCUT2D eigenvalue weighted by Crippen LogP contribution is 2.24. The van der Waals surface area contributed by atoms with Crippen molar-refractivity contribution in [3.8, 4) is 0 Å². The van der Waals surface area contributed by atoms with E-state index in [4.69, 9.17) is 10.6 Å². The molecule has 0 aliphatic carbocycles. The second-order valence-corrected chi connectivity index (χ2v) is 6.47. The van der Waals surface area contributed by atoms with E-state index in [-0.39, 0.29) is 12.1 Å². The van der Waals surface area contributed by atoms with Crippen LogP contribution in [0.5, 0.6) is 0 Å². The second kappa shape index (κ2) is 7.64. The lowest BCUT2D eigenvalue weighted by Crippen LogP contribution is -2.43. The Labute approximate surface area is 122 Å². The van der Waals surface area contributed by atoms with Crippen LogP contribution < -0.4 is 11.3 Å². The number of nitrogens with one attached hydrogen (secondary N) is 1. The van der Waals surface area contributed by atoms with Gasteiger partial charge in [-0.1, -0.05) is 6.08 Å². The monoisotopic (exact) mass is 283 g/mol. The van der Waals surface area contributed by atoms with E-state index in [2.05, 4.69) is 12.0 Å². The van der Waals surface area contributed by atoms with Crippen LogP contribution in [0.1, 0.15) is 46.5 Å². The summed E-state index contributed by atoms with van der Waals surface area (Å²) in [5, 5.41) is 0. The van der Waals surface area contributed by atoms with E-state index in [0.29, 0.717) is 5.92 Å². The van der Waals surface area contributed by atoms with Gasteiger partial charge < -0.3 is 9.64 Å². The van der Waals surface area contributed by atoms with Crippen LogP contribution in [0.25, 0.3) is 0 Å². The van der Waals surface area contributed by atoms with Crippen molar-refractivity contribution in [1.82, 2.24) is 10.3 Å². The molecule has 1 rings (SSSR count). The molecule has 0 bridgehead atoms. The molecular formula is C15H29N3O2. The van der Waals surface area contributed by atoms with E-state index in [9.17, 15) is 4.79 Å². The Morgan fingerprint density at radius 3 is 2.85 bits per heavy atom. The molecule has 1 amide bonds. The minimum absolute atomic E-state index is 0.220. The molecule has 0 saturated carbocycles. The number of unbranched alkanes of at least 4 members (excludes halogenated alkanes) is 1. The standard InChI is InChI=1S/C15H29N3O2/c1-5-6-7-8-13(17-16)12-9-10-18(11-12)14(19)20-15(2,3)4/h5,12-13,17H,1,6-11,16H2,2-4H3. The molecule has 2 unspecified atom stereocenters. The van der Waals surface area contributed by atoms with E-state index in [1.165, 1.54) is 0 Å². The summed E-state index contributed by atoms with van der Waals surface area (Å²) in [6, 6.07) is 0.252. The third-order valence-corrected chi connectivity index (χ3v) is 3.58. The van der Waals surface area contributed by atoms with Crippen molar-refractivity contribution in [1.29, 1.82) is 0 Å². The fraction of sp³-hybridized carbons (Fsp3) is 0.800. The number of nitrogens with zero attached hydrogens (tertiary/aromatic N) is 1. The Balaban J connectivity index is 2.44. The summed E-state index contributed by atoms with van der Waals surface area (Å²) in [7, 11) is 0. The van der Waals surface area contributed by atoms with Gasteiger partial charge >= 0.3 is 6.09 Å². The van der Waals surface area contributed by atoms with Gasteiger partial charge in [0.2, 0.25) is 0 Å². The minimum atomic E-state index is -0.440. The molecule has 20 heavy (non-hydrogen) atoms. The van der Waals surface area contributed by atoms with Gasteiger partial charge in [-0.05, 0) is 52.4 Å². The van der Waals surface area contributed by atoms with E-state index in [1.54, 1.807) is 4.90 Å². The maximum Gasteiger partial charge on any atom is 0.410 e. The Hall–Kier alpha value is -1.07. The van der Waals surface area contributed by atoms with Gasteiger partial charge in [-0.15, -0.1) is 6.58 Å². The van der Waals surface area contributed by atoms with Crippen molar-refractivity contribution in [3.63, 3.8) is 0 Å². The zero-order chi connectivity index (χ0) is 15.2. The third-order valence-electron chi connectivity index (χ3n) is 3.58. The number of amides is 1. The molecule has 0 spiro atoms. The Morgan fingerprint density at radius 2 is 2.30 bits per heavy atom. The highest BCUT2D eigenvalue weighted by Gasteiger charge is 2.33. The summed E-state index contributed by atoms with van der Waals surface area (Å²) in [5.74, 6) is 6.05. The Kier molecular flexibility index (Phi) is 6.49. The van der Waals surface area contributed by atoms with Crippen LogP contribution in [0.2, 0.25) is 0 Å². The maximum atomic E-state index is 12.0. The number of ether oxygens (including phenoxy) is 1. The largest absolute Gasteiger partial charge is 0.444 e. The normalized spacial score (nSPS) is 20.8. The molecule has 0 aromatic rings. The third kappa shape index (κ3) is 5.51. The lowest BCUT2D eigenvalue weighted by molar-refractivity contribution is 0.0285. The quantitative estimate of drug-likeness (QED) is 0.340. The predicted octanol–water partition coefficient (Wildman–Crippen LogP) is 2.43. The summed E-state index contributed by atoms with van der Waals surface area (Å²) in [4.78, 5) is 13.8. The Bertz CT molecular complexity index is 326. The van der Waals surface area contributed by atoms with Crippen LogP contribution in [0, 0.1) is 5.92 Å². The number of hydrogen-bond donors (Lipinski definition) is 2. The molecule has 116 valence electrons. The molecule has 1 aliphatic rings. The number of carbonyl (C=O) groups is 1. The molecule has 0 radical (unpaired) electrons. The van der Waals surface area contributed by atoms with E-state index >= 15 is 0 Å². The van der Waals surface area contributed by atoms with Crippen molar-refractivity contribution in [2.45, 2.75) is 58.1 Å². The molecule has 1 fully saturated rings. The average Bonchev–Trinajstić information content (AvgIpc) is 2.82. The number of hydrazine groups is 1. The minimum Gasteiger partial charge on any atom is -0.444 e. The van der Waals surface area contributed by atoms with Crippen LogP contribution >= 0.6 is 0 Å². The number of nitrogens with two attached hydrogens (primary N) is 1. The van der Waals surface area contributed by atoms with Gasteiger partial charge in [-0.25, -0.2) is 4.79 Å². The first kappa shape index (κ1) is 17.0. The SMILES string of the molecule is C=CCCCC(NN)C1CCN(C(=O)OC(C)(C)C)C1. The van der Waals surface area contributed by atoms with Gasteiger partial charge in [0.15, 0.2) is 0 Å². The molecule has 2 atom stereocenters. The number of likely N-dealkylation sites (tertiary alicyclic amines) is 1. The summed E-state index contributed by atoms with van der Waals surface area (Å²) >= 11 is 0. The lowest BCUT2D eigenvalue weighted by atomic mass is 9.95. The summed E-state index contributed by atoms with van der Waals surface area (Å²) in [5.41, 5.74) is 2.46. The van der Waals surface area contributed by atoms with Crippen LogP contribution in [-0.4, -0.2) is 35.7 Å². The number of rotatable bonds is 6. The zero-order valence-electron chi connectivity index (χ0n) is 13.0. The maximum absolute atomic E-state index is 12.0. The second-order valence-electron chi connectivity index (χ2n) is 6.47. The molecular weight excluding hydrogens is 254 g/mol. The predicted molar refractivity (Wildman–Crippen MR) is 81.1 cm³/mol. The van der Waals surface area contributed by atoms with Crippen molar-refractivity contribution in [2.75, 3.05) is 13.1 Å². The van der Waals surface area contributed by atoms with E-state index in [0.717, 1.165) is 38.8 Å². The van der Waals surface area contributed by atoms with Crippen molar-refractivity contribution in [3.05, 3.63) is 12.7 Å². The van der Waals surface area contributed by atoms with Gasteiger partial charge in [0.05, 0.1) is 0 Å². The van der Waals surface area contributed by atoms with Gasteiger partial charge in [-0.2, -0.15) is 0 Å². The number of carbonyl (C=O) groups excluding carboxylic acids is 1. The first-order valence-corrected chi connectivity index (χ1v) is 7.42. The Morgan fingerprint density at radius 1 is 1.60 bits per heavy atom. The smallest absolute Gasteiger partial charge is 0.410 e. The number of hydrogen-bond acceptors (Lipinski definition) is 4. The summed E-state index contributed by atoms with van der Waals surface area (Å²) in [6.45, 7) is 10.9. The highest BCUT2D eigenvalue weighted by molar-refractivity contribution is 5.68. The molecule has 0 aromatic heterocycles. The van der Waals surface area contributed by atoms with Crippen molar-refractivity contribution < 1.29 is 9.53 Å². The fourth-order valence-corrected chi connectivity index (χ4v) is 2.55. The average molecular weight is 283 g/mol. The topological polar surface area (TPSA) is 67.6 Å². The molecule has 5 heteroatoms. The molecule has 1 heterocycles. The first-order valence-electron chi connectivity index (χ1n) is 7.42. The molecule has 0 aromatic carbocycles. The molecule has 5 nitrogen and oxygen atoms in total. The fourth-order valence-electron chi connectivity index (χ4n) is 2.55. The summed E-state index contributed by atoms with van der Waals surface area (Å²) in [6.07, 6.45) is 5.76.